The molecule has 0 aliphatic carbocycles. The molecule has 0 fully saturated rings. The van der Waals surface area contributed by atoms with Crippen molar-refractivity contribution in [3.63, 3.8) is 0 Å². The summed E-state index contributed by atoms with van der Waals surface area (Å²) in [7, 11) is 0. The Morgan fingerprint density at radius 2 is 1.90 bits per heavy atom. The minimum absolute atomic E-state index is 0.0366. The van der Waals surface area contributed by atoms with Crippen molar-refractivity contribution >= 4 is 43.9 Å². The summed E-state index contributed by atoms with van der Waals surface area (Å²) in [5.74, 6) is -0.0366. The van der Waals surface area contributed by atoms with Crippen molar-refractivity contribution in [2.75, 3.05) is 0 Å². The molecule has 1 aromatic heterocycles. The lowest BCUT2D eigenvalue weighted by Gasteiger charge is -2.06. The van der Waals surface area contributed by atoms with E-state index in [-0.39, 0.29) is 5.91 Å². The molecule has 0 unspecified atom stereocenters. The van der Waals surface area contributed by atoms with Crippen molar-refractivity contribution < 1.29 is 4.79 Å². The predicted molar refractivity (Wildman–Crippen MR) is 91.9 cm³/mol. The molecule has 1 amide bonds. The van der Waals surface area contributed by atoms with Crippen molar-refractivity contribution in [3.05, 3.63) is 68.3 Å². The van der Waals surface area contributed by atoms with Crippen LogP contribution in [0.2, 0.25) is 0 Å². The summed E-state index contributed by atoms with van der Waals surface area (Å²) in [5.41, 5.74) is 3.10. The van der Waals surface area contributed by atoms with Gasteiger partial charge in [-0.25, -0.2) is 0 Å². The lowest BCUT2D eigenvalue weighted by Crippen LogP contribution is -2.22. The monoisotopic (exact) mass is 359 g/mol. The fourth-order valence-electron chi connectivity index (χ4n) is 2.20. The zero-order valence-corrected chi connectivity index (χ0v) is 13.9. The molecule has 1 heterocycles. The number of aryl methyl sites for hydroxylation is 1. The lowest BCUT2D eigenvalue weighted by molar-refractivity contribution is 0.0951. The molecule has 0 aliphatic rings. The zero-order chi connectivity index (χ0) is 14.8. The predicted octanol–water partition coefficient (Wildman–Crippen LogP) is 4.90. The van der Waals surface area contributed by atoms with E-state index in [1.165, 1.54) is 11.1 Å². The van der Waals surface area contributed by atoms with Crippen molar-refractivity contribution in [1.29, 1.82) is 0 Å². The first-order valence-electron chi connectivity index (χ1n) is 6.63. The van der Waals surface area contributed by atoms with Crippen LogP contribution in [0.5, 0.6) is 0 Å². The highest BCUT2D eigenvalue weighted by Crippen LogP contribution is 2.21. The molecule has 0 saturated heterocycles. The molecule has 21 heavy (non-hydrogen) atoms. The van der Waals surface area contributed by atoms with Gasteiger partial charge in [0, 0.05) is 16.6 Å². The van der Waals surface area contributed by atoms with E-state index < -0.39 is 0 Å². The maximum Gasteiger partial charge on any atom is 0.251 e. The van der Waals surface area contributed by atoms with Gasteiger partial charge in [-0.3, -0.25) is 4.79 Å². The molecule has 0 aliphatic heterocycles. The van der Waals surface area contributed by atoms with Crippen molar-refractivity contribution in [3.8, 4) is 0 Å². The van der Waals surface area contributed by atoms with Gasteiger partial charge in [0.1, 0.15) is 0 Å². The van der Waals surface area contributed by atoms with Gasteiger partial charge in [-0.15, -0.1) is 0 Å². The van der Waals surface area contributed by atoms with E-state index in [9.17, 15) is 4.79 Å². The number of halogens is 1. The lowest BCUT2D eigenvalue weighted by atomic mass is 10.1. The molecule has 2 aromatic carbocycles. The van der Waals surface area contributed by atoms with E-state index in [4.69, 9.17) is 0 Å². The summed E-state index contributed by atoms with van der Waals surface area (Å²) in [6.45, 7) is 2.64. The fraction of sp³-hybridized carbons (Fsp3) is 0.118. The fourth-order valence-corrected chi connectivity index (χ4v) is 3.44. The van der Waals surface area contributed by atoms with Gasteiger partial charge < -0.3 is 5.32 Å². The standard InChI is InChI=1S/C17H14BrNOS/c1-11-9-21-10-15(11)8-19-17(20)14-3-2-13-7-16(18)5-4-12(13)6-14/h2-7,9-10H,8H2,1H3,(H,19,20). The maximum atomic E-state index is 12.2. The highest BCUT2D eigenvalue weighted by atomic mass is 79.9. The molecule has 3 aromatic rings. The Bertz CT molecular complexity index is 809. The third-order valence-corrected chi connectivity index (χ3v) is 4.87. The Balaban J connectivity index is 1.78. The van der Waals surface area contributed by atoms with Crippen LogP contribution in [0, 0.1) is 6.92 Å². The van der Waals surface area contributed by atoms with E-state index in [1.54, 1.807) is 11.3 Å². The molecule has 0 saturated carbocycles. The van der Waals surface area contributed by atoms with Crippen LogP contribution < -0.4 is 5.32 Å². The normalized spacial score (nSPS) is 10.8. The average molecular weight is 360 g/mol. The van der Waals surface area contributed by atoms with E-state index in [2.05, 4.69) is 38.9 Å². The molecule has 1 N–H and O–H groups in total. The van der Waals surface area contributed by atoms with Gasteiger partial charge in [-0.2, -0.15) is 11.3 Å². The van der Waals surface area contributed by atoms with E-state index >= 15 is 0 Å². The number of nitrogens with one attached hydrogen (secondary N) is 1. The van der Waals surface area contributed by atoms with Crippen LogP contribution in [0.4, 0.5) is 0 Å². The summed E-state index contributed by atoms with van der Waals surface area (Å²) in [5, 5.41) is 9.33. The number of amides is 1. The Morgan fingerprint density at radius 3 is 2.67 bits per heavy atom. The average Bonchev–Trinajstić information content (AvgIpc) is 2.89. The number of carbonyl (C=O) groups excluding carboxylic acids is 1. The SMILES string of the molecule is Cc1cscc1CNC(=O)c1ccc2cc(Br)ccc2c1. The van der Waals surface area contributed by atoms with Gasteiger partial charge in [-0.1, -0.05) is 28.1 Å². The first kappa shape index (κ1) is 14.3. The van der Waals surface area contributed by atoms with Gasteiger partial charge in [0.05, 0.1) is 0 Å². The van der Waals surface area contributed by atoms with Crippen LogP contribution >= 0.6 is 27.3 Å². The van der Waals surface area contributed by atoms with Crippen molar-refractivity contribution in [2.24, 2.45) is 0 Å². The largest absolute Gasteiger partial charge is 0.348 e. The van der Waals surface area contributed by atoms with Crippen LogP contribution in [0.25, 0.3) is 10.8 Å². The summed E-state index contributed by atoms with van der Waals surface area (Å²) in [6, 6.07) is 11.8. The Labute approximate surface area is 135 Å². The van der Waals surface area contributed by atoms with E-state index in [1.807, 2.05) is 36.4 Å². The zero-order valence-electron chi connectivity index (χ0n) is 11.5. The van der Waals surface area contributed by atoms with Gasteiger partial charge >= 0.3 is 0 Å². The number of thiophene rings is 1. The molecule has 0 spiro atoms. The highest BCUT2D eigenvalue weighted by Gasteiger charge is 2.07. The molecule has 0 radical (unpaired) electrons. The second kappa shape index (κ2) is 6.00. The highest BCUT2D eigenvalue weighted by molar-refractivity contribution is 9.10. The Hall–Kier alpha value is -1.65. The second-order valence-corrected chi connectivity index (χ2v) is 6.63. The van der Waals surface area contributed by atoms with Crippen molar-refractivity contribution in [1.82, 2.24) is 5.32 Å². The van der Waals surface area contributed by atoms with Gasteiger partial charge in [-0.05, 0) is 63.8 Å². The quantitative estimate of drug-likeness (QED) is 0.707. The Morgan fingerprint density at radius 1 is 1.14 bits per heavy atom. The molecular formula is C17H14BrNOS. The smallest absolute Gasteiger partial charge is 0.251 e. The van der Waals surface area contributed by atoms with E-state index in [0.29, 0.717) is 12.1 Å². The first-order chi connectivity index (χ1) is 10.1. The molecule has 0 atom stereocenters. The summed E-state index contributed by atoms with van der Waals surface area (Å²) in [4.78, 5) is 12.2. The summed E-state index contributed by atoms with van der Waals surface area (Å²) >= 11 is 5.12. The first-order valence-corrected chi connectivity index (χ1v) is 8.36. The number of rotatable bonds is 3. The van der Waals surface area contributed by atoms with E-state index in [0.717, 1.165) is 15.2 Å². The number of hydrogen-bond donors (Lipinski definition) is 1. The molecule has 106 valence electrons. The summed E-state index contributed by atoms with van der Waals surface area (Å²) < 4.78 is 1.04. The Kier molecular flexibility index (Phi) is 4.08. The van der Waals surface area contributed by atoms with Gasteiger partial charge in [0.25, 0.3) is 5.91 Å². The van der Waals surface area contributed by atoms with Crippen molar-refractivity contribution in [2.45, 2.75) is 13.5 Å². The number of fused-ring (bicyclic) bond motifs is 1. The maximum absolute atomic E-state index is 12.2. The number of hydrogen-bond acceptors (Lipinski definition) is 2. The number of benzene rings is 2. The summed E-state index contributed by atoms with van der Waals surface area (Å²) in [6.07, 6.45) is 0. The molecule has 0 bridgehead atoms. The third kappa shape index (κ3) is 3.17. The van der Waals surface area contributed by atoms with Gasteiger partial charge in [0.2, 0.25) is 0 Å². The van der Waals surface area contributed by atoms with Crippen LogP contribution in [0.3, 0.4) is 0 Å². The minimum atomic E-state index is -0.0366. The van der Waals surface area contributed by atoms with Gasteiger partial charge in [0.15, 0.2) is 0 Å². The topological polar surface area (TPSA) is 29.1 Å². The van der Waals surface area contributed by atoms with Crippen LogP contribution in [-0.2, 0) is 6.54 Å². The minimum Gasteiger partial charge on any atom is -0.348 e. The third-order valence-electron chi connectivity index (χ3n) is 3.47. The molecule has 4 heteroatoms. The van der Waals surface area contributed by atoms with Crippen LogP contribution in [0.1, 0.15) is 21.5 Å². The second-order valence-electron chi connectivity index (χ2n) is 4.97. The van der Waals surface area contributed by atoms with Crippen LogP contribution in [0.15, 0.2) is 51.6 Å². The van der Waals surface area contributed by atoms with Crippen LogP contribution in [-0.4, -0.2) is 5.91 Å². The molecule has 3 rings (SSSR count). The molecule has 2 nitrogen and oxygen atoms in total. The molecular weight excluding hydrogens is 346 g/mol. The number of carbonyl (C=O) groups is 1.